The van der Waals surface area contributed by atoms with Gasteiger partial charge in [-0.3, -0.25) is 9.59 Å². The average Bonchev–Trinajstić information content (AvgIpc) is 2.57. The van der Waals surface area contributed by atoms with Crippen molar-refractivity contribution in [1.82, 2.24) is 5.32 Å². The van der Waals surface area contributed by atoms with E-state index in [2.05, 4.69) is 18.3 Å². The summed E-state index contributed by atoms with van der Waals surface area (Å²) in [7, 11) is 0. The second kappa shape index (κ2) is 16.5. The van der Waals surface area contributed by atoms with Crippen molar-refractivity contribution in [2.24, 2.45) is 0 Å². The normalized spacial score (nSPS) is 12.8. The van der Waals surface area contributed by atoms with Crippen molar-refractivity contribution in [1.29, 1.82) is 0 Å². The van der Waals surface area contributed by atoms with E-state index < -0.39 is 12.1 Å². The largest absolute Gasteiger partial charge is 0.480 e. The first-order valence-corrected chi connectivity index (χ1v) is 10.5. The predicted octanol–water partition coefficient (Wildman–Crippen LogP) is 4.11. The van der Waals surface area contributed by atoms with Crippen molar-refractivity contribution in [3.8, 4) is 0 Å². The van der Waals surface area contributed by atoms with E-state index in [9.17, 15) is 14.7 Å². The van der Waals surface area contributed by atoms with Crippen LogP contribution in [-0.2, 0) is 9.59 Å². The Kier molecular flexibility index (Phi) is 15.8. The molecular formula is C19H35NO4S. The second-order valence-electron chi connectivity index (χ2n) is 6.24. The maximum atomic E-state index is 11.5. The number of carbonyl (C=O) groups excluding carboxylic acids is 1. The molecule has 0 aliphatic carbocycles. The molecule has 0 aliphatic heterocycles. The first-order chi connectivity index (χ1) is 12.0. The molecule has 6 heteroatoms. The molecular weight excluding hydrogens is 338 g/mol. The van der Waals surface area contributed by atoms with Gasteiger partial charge < -0.3 is 15.5 Å². The fraction of sp³-hybridized carbons (Fsp3) is 0.789. The molecule has 0 saturated carbocycles. The van der Waals surface area contributed by atoms with E-state index in [4.69, 9.17) is 5.11 Å². The van der Waals surface area contributed by atoms with Gasteiger partial charge in [-0.05, 0) is 19.3 Å². The van der Waals surface area contributed by atoms with E-state index in [-0.39, 0.29) is 18.9 Å². The summed E-state index contributed by atoms with van der Waals surface area (Å²) in [6.45, 7) is 3.91. The van der Waals surface area contributed by atoms with Gasteiger partial charge in [0, 0.05) is 17.1 Å². The molecule has 0 unspecified atom stereocenters. The second-order valence-corrected chi connectivity index (χ2v) is 7.40. The highest BCUT2D eigenvalue weighted by molar-refractivity contribution is 8.03. The Morgan fingerprint density at radius 2 is 1.76 bits per heavy atom. The summed E-state index contributed by atoms with van der Waals surface area (Å²) in [5.41, 5.74) is 0. The van der Waals surface area contributed by atoms with Gasteiger partial charge >= 0.3 is 5.97 Å². The van der Waals surface area contributed by atoms with Crippen molar-refractivity contribution in [2.75, 3.05) is 12.3 Å². The van der Waals surface area contributed by atoms with Gasteiger partial charge in [-0.25, -0.2) is 0 Å². The molecule has 3 N–H and O–H groups in total. The number of aliphatic hydroxyl groups excluding tert-OH is 1. The van der Waals surface area contributed by atoms with Crippen LogP contribution in [0.15, 0.2) is 11.0 Å². The molecule has 1 atom stereocenters. The Morgan fingerprint density at radius 3 is 2.40 bits per heavy atom. The van der Waals surface area contributed by atoms with E-state index in [1.54, 1.807) is 0 Å². The zero-order valence-corrected chi connectivity index (χ0v) is 16.6. The number of rotatable bonds is 16. The summed E-state index contributed by atoms with van der Waals surface area (Å²) in [4.78, 5) is 22.9. The van der Waals surface area contributed by atoms with E-state index in [0.29, 0.717) is 5.75 Å². The lowest BCUT2D eigenvalue weighted by Gasteiger charge is -2.14. The molecule has 5 nitrogen and oxygen atoms in total. The minimum atomic E-state index is -1.04. The number of allylic oxidation sites excluding steroid dienone is 1. The zero-order chi connectivity index (χ0) is 18.9. The molecule has 25 heavy (non-hydrogen) atoms. The fourth-order valence-corrected chi connectivity index (χ4v) is 3.47. The number of aliphatic hydroxyl groups is 1. The average molecular weight is 374 g/mol. The number of nitrogens with one attached hydrogen (secondary N) is 1. The summed E-state index contributed by atoms with van der Waals surface area (Å²) in [5.74, 6) is -0.761. The van der Waals surface area contributed by atoms with Crippen LogP contribution in [-0.4, -0.2) is 40.5 Å². The number of hydrogen-bond donors (Lipinski definition) is 3. The third-order valence-electron chi connectivity index (χ3n) is 3.83. The molecule has 0 aromatic heterocycles. The Balaban J connectivity index is 4.17. The molecule has 0 bridgehead atoms. The van der Waals surface area contributed by atoms with Crippen molar-refractivity contribution in [2.45, 2.75) is 84.2 Å². The Bertz CT molecular complexity index is 399. The lowest BCUT2D eigenvalue weighted by molar-refractivity contribution is -0.137. The maximum Gasteiger partial charge on any atom is 0.322 e. The first-order valence-electron chi connectivity index (χ1n) is 9.50. The van der Waals surface area contributed by atoms with Crippen LogP contribution in [0.4, 0.5) is 0 Å². The molecule has 0 radical (unpaired) electrons. The van der Waals surface area contributed by atoms with Crippen LogP contribution in [0, 0.1) is 0 Å². The van der Waals surface area contributed by atoms with Gasteiger partial charge in [0.25, 0.3) is 0 Å². The van der Waals surface area contributed by atoms with Crippen LogP contribution in [0.25, 0.3) is 0 Å². The van der Waals surface area contributed by atoms with E-state index in [1.807, 2.05) is 6.92 Å². The predicted molar refractivity (Wildman–Crippen MR) is 105 cm³/mol. The van der Waals surface area contributed by atoms with Crippen molar-refractivity contribution >= 4 is 23.6 Å². The zero-order valence-electron chi connectivity index (χ0n) is 15.8. The summed E-state index contributed by atoms with van der Waals surface area (Å²) in [6.07, 6.45) is 12.0. The number of carbonyl (C=O) groups is 2. The lowest BCUT2D eigenvalue weighted by atomic mass is 10.1. The summed E-state index contributed by atoms with van der Waals surface area (Å²) >= 11 is 1.51. The van der Waals surface area contributed by atoms with Gasteiger partial charge in [0.1, 0.15) is 6.54 Å². The molecule has 0 heterocycles. The third-order valence-corrected chi connectivity index (χ3v) is 5.01. The third kappa shape index (κ3) is 15.0. The smallest absolute Gasteiger partial charge is 0.322 e. The summed E-state index contributed by atoms with van der Waals surface area (Å²) in [5, 5.41) is 21.1. The van der Waals surface area contributed by atoms with Gasteiger partial charge in [0.05, 0.1) is 6.10 Å². The highest BCUT2D eigenvalue weighted by Crippen LogP contribution is 2.24. The minimum absolute atomic E-state index is 0.255. The monoisotopic (exact) mass is 373 g/mol. The van der Waals surface area contributed by atoms with Crippen LogP contribution in [0.1, 0.15) is 78.1 Å². The fourth-order valence-electron chi connectivity index (χ4n) is 2.40. The maximum absolute atomic E-state index is 11.5. The van der Waals surface area contributed by atoms with Crippen LogP contribution < -0.4 is 5.32 Å². The number of thioether (sulfide) groups is 1. The Labute approximate surface area is 156 Å². The molecule has 0 fully saturated rings. The Morgan fingerprint density at radius 1 is 1.08 bits per heavy atom. The number of unbranched alkanes of at least 4 members (excludes halogenated alkanes) is 6. The highest BCUT2D eigenvalue weighted by atomic mass is 32.2. The highest BCUT2D eigenvalue weighted by Gasteiger charge is 2.11. The molecule has 1 amide bonds. The standard InChI is InChI=1S/C19H35NO4S/c1-3-5-6-7-8-9-10-12-17(16(21)11-4-2)25-14-13-18(22)20-15-19(23)24/h12,16,21H,3-11,13-15H2,1-2H3,(H,20,22)(H,23,24)/t16-/m1/s1. The van der Waals surface area contributed by atoms with Crippen LogP contribution in [0.2, 0.25) is 0 Å². The number of hydrogen-bond acceptors (Lipinski definition) is 4. The number of carboxylic acid groups (broad SMARTS) is 1. The van der Waals surface area contributed by atoms with E-state index >= 15 is 0 Å². The van der Waals surface area contributed by atoms with Gasteiger partial charge in [-0.1, -0.05) is 58.4 Å². The molecule has 0 aliphatic rings. The Hall–Kier alpha value is -1.01. The SMILES string of the molecule is CCCCCCCCC=C(SCCC(=O)NCC(=O)O)[C@H](O)CCC. The van der Waals surface area contributed by atoms with E-state index in [0.717, 1.165) is 30.6 Å². The van der Waals surface area contributed by atoms with Crippen molar-refractivity contribution in [3.63, 3.8) is 0 Å². The summed E-state index contributed by atoms with van der Waals surface area (Å²) < 4.78 is 0. The minimum Gasteiger partial charge on any atom is -0.480 e. The molecule has 0 aromatic carbocycles. The topological polar surface area (TPSA) is 86.6 Å². The molecule has 0 saturated heterocycles. The number of amides is 1. The first kappa shape index (κ1) is 24.0. The lowest BCUT2D eigenvalue weighted by Crippen LogP contribution is -2.29. The molecule has 0 aromatic rings. The summed E-state index contributed by atoms with van der Waals surface area (Å²) in [6, 6.07) is 0. The van der Waals surface area contributed by atoms with Crippen molar-refractivity contribution < 1.29 is 19.8 Å². The van der Waals surface area contributed by atoms with Gasteiger partial charge in [-0.15, -0.1) is 11.8 Å². The van der Waals surface area contributed by atoms with Crippen molar-refractivity contribution in [3.05, 3.63) is 11.0 Å². The number of carboxylic acids is 1. The number of aliphatic carboxylic acids is 1. The van der Waals surface area contributed by atoms with Gasteiger partial charge in [0.2, 0.25) is 5.91 Å². The van der Waals surface area contributed by atoms with Gasteiger partial charge in [0.15, 0.2) is 0 Å². The quantitative estimate of drug-likeness (QED) is 0.355. The van der Waals surface area contributed by atoms with Crippen LogP contribution in [0.5, 0.6) is 0 Å². The van der Waals surface area contributed by atoms with Gasteiger partial charge in [-0.2, -0.15) is 0 Å². The molecule has 0 rings (SSSR count). The van der Waals surface area contributed by atoms with E-state index in [1.165, 1.54) is 43.9 Å². The van der Waals surface area contributed by atoms with Crippen LogP contribution >= 0.6 is 11.8 Å². The molecule has 0 spiro atoms. The van der Waals surface area contributed by atoms with Crippen LogP contribution in [0.3, 0.4) is 0 Å². The molecule has 146 valence electrons.